The van der Waals surface area contributed by atoms with Gasteiger partial charge in [-0.05, 0) is 42.0 Å². The standard InChI is InChI=1S/C21H17ClN4O2/c22-17-10-8-16(9-11-17)20-24-21(28-25-20)18-7-4-12-26(18)14-19(27)23-13-15-5-2-1-3-6-15/h1-12H,13-14H2,(H,23,27). The molecule has 0 spiro atoms. The summed E-state index contributed by atoms with van der Waals surface area (Å²) < 4.78 is 7.18. The molecule has 0 aliphatic carbocycles. The van der Waals surface area contributed by atoms with Crippen LogP contribution >= 0.6 is 11.6 Å². The van der Waals surface area contributed by atoms with Crippen molar-refractivity contribution in [3.8, 4) is 23.0 Å². The van der Waals surface area contributed by atoms with E-state index in [1.165, 1.54) is 0 Å². The molecule has 0 atom stereocenters. The van der Waals surface area contributed by atoms with E-state index in [-0.39, 0.29) is 12.5 Å². The second-order valence-corrected chi connectivity index (χ2v) is 6.65. The fourth-order valence-corrected chi connectivity index (χ4v) is 2.92. The van der Waals surface area contributed by atoms with Crippen molar-refractivity contribution in [2.45, 2.75) is 13.1 Å². The zero-order valence-electron chi connectivity index (χ0n) is 14.9. The van der Waals surface area contributed by atoms with Gasteiger partial charge in [-0.1, -0.05) is 47.1 Å². The second-order valence-electron chi connectivity index (χ2n) is 6.21. The summed E-state index contributed by atoms with van der Waals surface area (Å²) in [5.41, 5.74) is 2.54. The Balaban J connectivity index is 1.45. The average molecular weight is 393 g/mol. The highest BCUT2D eigenvalue weighted by Gasteiger charge is 2.15. The Labute approximate surface area is 166 Å². The monoisotopic (exact) mass is 392 g/mol. The number of nitrogens with one attached hydrogen (secondary N) is 1. The third-order valence-corrected chi connectivity index (χ3v) is 4.48. The number of nitrogens with zero attached hydrogens (tertiary/aromatic N) is 3. The SMILES string of the molecule is O=C(Cn1cccc1-c1nc(-c2ccc(Cl)cc2)no1)NCc1ccccc1. The lowest BCUT2D eigenvalue weighted by molar-refractivity contribution is -0.121. The molecule has 0 aliphatic heterocycles. The highest BCUT2D eigenvalue weighted by Crippen LogP contribution is 2.23. The molecular weight excluding hydrogens is 376 g/mol. The second kappa shape index (κ2) is 8.10. The van der Waals surface area contributed by atoms with E-state index >= 15 is 0 Å². The highest BCUT2D eigenvalue weighted by atomic mass is 35.5. The molecule has 6 nitrogen and oxygen atoms in total. The molecule has 0 saturated heterocycles. The molecule has 0 bridgehead atoms. The molecule has 0 saturated carbocycles. The van der Waals surface area contributed by atoms with Gasteiger partial charge in [-0.3, -0.25) is 4.79 Å². The van der Waals surface area contributed by atoms with Gasteiger partial charge in [0, 0.05) is 23.3 Å². The Morgan fingerprint density at radius 3 is 2.61 bits per heavy atom. The van der Waals surface area contributed by atoms with Crippen LogP contribution < -0.4 is 5.32 Å². The van der Waals surface area contributed by atoms with E-state index in [0.29, 0.717) is 29.0 Å². The van der Waals surface area contributed by atoms with Gasteiger partial charge in [0.25, 0.3) is 5.89 Å². The van der Waals surface area contributed by atoms with Crippen molar-refractivity contribution in [1.29, 1.82) is 0 Å². The molecule has 7 heteroatoms. The smallest absolute Gasteiger partial charge is 0.274 e. The zero-order chi connectivity index (χ0) is 19.3. The number of carbonyl (C=O) groups excluding carboxylic acids is 1. The van der Waals surface area contributed by atoms with Gasteiger partial charge in [0.15, 0.2) is 0 Å². The van der Waals surface area contributed by atoms with Crippen LogP contribution in [0.25, 0.3) is 23.0 Å². The first-order valence-electron chi connectivity index (χ1n) is 8.75. The number of hydrogen-bond donors (Lipinski definition) is 1. The molecule has 2 aromatic carbocycles. The zero-order valence-corrected chi connectivity index (χ0v) is 15.6. The lowest BCUT2D eigenvalue weighted by Crippen LogP contribution is -2.27. The van der Waals surface area contributed by atoms with Crippen LogP contribution in [-0.2, 0) is 17.9 Å². The number of halogens is 1. The minimum atomic E-state index is -0.0984. The summed E-state index contributed by atoms with van der Waals surface area (Å²) in [4.78, 5) is 16.8. The molecule has 1 N–H and O–H groups in total. The number of amides is 1. The number of aromatic nitrogens is 3. The van der Waals surface area contributed by atoms with Gasteiger partial charge in [0.05, 0.1) is 0 Å². The molecule has 28 heavy (non-hydrogen) atoms. The summed E-state index contributed by atoms with van der Waals surface area (Å²) in [5, 5.41) is 7.58. The maximum atomic E-state index is 12.3. The molecule has 0 fully saturated rings. The van der Waals surface area contributed by atoms with Gasteiger partial charge >= 0.3 is 0 Å². The normalized spacial score (nSPS) is 10.8. The summed E-state index contributed by atoms with van der Waals surface area (Å²) in [6.45, 7) is 0.644. The van der Waals surface area contributed by atoms with E-state index in [9.17, 15) is 4.79 Å². The van der Waals surface area contributed by atoms with Crippen LogP contribution in [0.4, 0.5) is 0 Å². The lowest BCUT2D eigenvalue weighted by Gasteiger charge is -2.08. The predicted molar refractivity (Wildman–Crippen MR) is 106 cm³/mol. The number of benzene rings is 2. The van der Waals surface area contributed by atoms with Crippen molar-refractivity contribution in [3.05, 3.63) is 83.5 Å². The summed E-state index contributed by atoms with van der Waals surface area (Å²) >= 11 is 5.91. The summed E-state index contributed by atoms with van der Waals surface area (Å²) in [6.07, 6.45) is 1.81. The molecule has 0 unspecified atom stereocenters. The number of carbonyl (C=O) groups is 1. The van der Waals surface area contributed by atoms with Crippen LogP contribution in [0.3, 0.4) is 0 Å². The van der Waals surface area contributed by atoms with Gasteiger partial charge in [0.1, 0.15) is 12.2 Å². The predicted octanol–water partition coefficient (Wildman–Crippen LogP) is 4.17. The largest absolute Gasteiger partial charge is 0.350 e. The quantitative estimate of drug-likeness (QED) is 0.534. The maximum Gasteiger partial charge on any atom is 0.274 e. The topological polar surface area (TPSA) is 73.0 Å². The molecule has 4 aromatic rings. The van der Waals surface area contributed by atoms with E-state index in [0.717, 1.165) is 11.1 Å². The van der Waals surface area contributed by atoms with Gasteiger partial charge in [0.2, 0.25) is 11.7 Å². The number of rotatable bonds is 6. The number of hydrogen-bond acceptors (Lipinski definition) is 4. The Kier molecular flexibility index (Phi) is 5.21. The molecule has 1 amide bonds. The van der Waals surface area contributed by atoms with Crippen molar-refractivity contribution in [1.82, 2.24) is 20.0 Å². The average Bonchev–Trinajstić information content (AvgIpc) is 3.37. The fourth-order valence-electron chi connectivity index (χ4n) is 2.80. The van der Waals surface area contributed by atoms with Crippen molar-refractivity contribution in [3.63, 3.8) is 0 Å². The maximum absolute atomic E-state index is 12.3. The Hall–Kier alpha value is -3.38. The van der Waals surface area contributed by atoms with Crippen molar-refractivity contribution in [2.24, 2.45) is 0 Å². The third-order valence-electron chi connectivity index (χ3n) is 4.22. The van der Waals surface area contributed by atoms with Crippen LogP contribution in [0.15, 0.2) is 77.4 Å². The molecule has 0 aliphatic rings. The lowest BCUT2D eigenvalue weighted by atomic mass is 10.2. The molecule has 0 radical (unpaired) electrons. The van der Waals surface area contributed by atoms with Crippen LogP contribution in [0.5, 0.6) is 0 Å². The summed E-state index contributed by atoms with van der Waals surface area (Å²) in [7, 11) is 0. The van der Waals surface area contributed by atoms with Crippen LogP contribution in [0, 0.1) is 0 Å². The van der Waals surface area contributed by atoms with E-state index in [4.69, 9.17) is 16.1 Å². The first-order chi connectivity index (χ1) is 13.7. The minimum Gasteiger partial charge on any atom is -0.350 e. The molecule has 4 rings (SSSR count). The summed E-state index contributed by atoms with van der Waals surface area (Å²) in [5.74, 6) is 0.720. The van der Waals surface area contributed by atoms with Gasteiger partial charge in [-0.15, -0.1) is 0 Å². The van der Waals surface area contributed by atoms with Crippen molar-refractivity contribution in [2.75, 3.05) is 0 Å². The molecular formula is C21H17ClN4O2. The fraction of sp³-hybridized carbons (Fsp3) is 0.0952. The van der Waals surface area contributed by atoms with Crippen molar-refractivity contribution < 1.29 is 9.32 Å². The van der Waals surface area contributed by atoms with Crippen LogP contribution in [0.1, 0.15) is 5.56 Å². The van der Waals surface area contributed by atoms with Gasteiger partial charge in [-0.25, -0.2) is 0 Å². The first-order valence-corrected chi connectivity index (χ1v) is 9.12. The summed E-state index contributed by atoms with van der Waals surface area (Å²) in [6, 6.07) is 20.6. The highest BCUT2D eigenvalue weighted by molar-refractivity contribution is 6.30. The van der Waals surface area contributed by atoms with E-state index in [1.54, 1.807) is 16.7 Å². The third kappa shape index (κ3) is 4.13. The van der Waals surface area contributed by atoms with Crippen LogP contribution in [0.2, 0.25) is 5.02 Å². The molecule has 140 valence electrons. The van der Waals surface area contributed by atoms with E-state index in [1.807, 2.05) is 60.8 Å². The minimum absolute atomic E-state index is 0.0984. The van der Waals surface area contributed by atoms with E-state index in [2.05, 4.69) is 15.5 Å². The Bertz CT molecular complexity index is 1070. The molecule has 2 heterocycles. The van der Waals surface area contributed by atoms with Gasteiger partial charge in [-0.2, -0.15) is 4.98 Å². The van der Waals surface area contributed by atoms with E-state index < -0.39 is 0 Å². The molecule has 2 aromatic heterocycles. The van der Waals surface area contributed by atoms with Gasteiger partial charge < -0.3 is 14.4 Å². The van der Waals surface area contributed by atoms with Crippen LogP contribution in [-0.4, -0.2) is 20.6 Å². The first kappa shape index (κ1) is 18.0. The van der Waals surface area contributed by atoms with Crippen molar-refractivity contribution >= 4 is 17.5 Å². The Morgan fingerprint density at radius 2 is 1.82 bits per heavy atom. The Morgan fingerprint density at radius 1 is 1.04 bits per heavy atom.